The summed E-state index contributed by atoms with van der Waals surface area (Å²) in [7, 11) is 0. The summed E-state index contributed by atoms with van der Waals surface area (Å²) in [4.78, 5) is 4.34. The quantitative estimate of drug-likeness (QED) is 0.311. The van der Waals surface area contributed by atoms with Crippen molar-refractivity contribution in [3.05, 3.63) is 51.0 Å². The van der Waals surface area contributed by atoms with E-state index in [-0.39, 0.29) is 33.5 Å². The molecule has 10 rings (SSSR count). The minimum atomic E-state index is -0.291. The molecule has 2 saturated heterocycles. The van der Waals surface area contributed by atoms with Gasteiger partial charge in [-0.1, -0.05) is 53.3 Å². The molecule has 0 radical (unpaired) electrons. The van der Waals surface area contributed by atoms with E-state index in [0.29, 0.717) is 66.1 Å². The molecule has 0 saturated carbocycles. The third-order valence-electron chi connectivity index (χ3n) is 11.6. The zero-order valence-corrected chi connectivity index (χ0v) is 36.0. The van der Waals surface area contributed by atoms with Gasteiger partial charge in [-0.25, -0.2) is 0 Å². The Bertz CT molecular complexity index is 2250. The molecule has 0 aromatic carbocycles. The Labute approximate surface area is 341 Å². The largest absolute Gasteiger partial charge is 0.489 e. The van der Waals surface area contributed by atoms with Crippen molar-refractivity contribution in [2.24, 2.45) is 10.8 Å². The first-order valence-electron chi connectivity index (χ1n) is 19.3. The lowest BCUT2D eigenvalue weighted by Crippen LogP contribution is -2.37. The summed E-state index contributed by atoms with van der Waals surface area (Å²) in [6.07, 6.45) is 1.47. The Balaban J connectivity index is 1.19. The fourth-order valence-corrected chi connectivity index (χ4v) is 15.2. The molecule has 0 aliphatic carbocycles. The van der Waals surface area contributed by atoms with Gasteiger partial charge in [0.15, 0.2) is 46.0 Å². The highest BCUT2D eigenvalue weighted by atomic mass is 32.2. The van der Waals surface area contributed by atoms with Crippen LogP contribution in [0.4, 0.5) is 0 Å². The second-order valence-corrected chi connectivity index (χ2v) is 21.1. The van der Waals surface area contributed by atoms with E-state index in [1.165, 1.54) is 0 Å². The van der Waals surface area contributed by atoms with E-state index in [9.17, 15) is 0 Å². The van der Waals surface area contributed by atoms with Crippen molar-refractivity contribution in [2.75, 3.05) is 66.1 Å². The van der Waals surface area contributed by atoms with Gasteiger partial charge < -0.3 is 47.4 Å². The van der Waals surface area contributed by atoms with Gasteiger partial charge in [-0.15, -0.1) is 46.2 Å². The van der Waals surface area contributed by atoms with Crippen LogP contribution in [0.2, 0.25) is 0 Å². The summed E-state index contributed by atoms with van der Waals surface area (Å²) in [6, 6.07) is 0. The minimum Gasteiger partial charge on any atom is -0.489 e. The van der Waals surface area contributed by atoms with E-state index in [4.69, 9.17) is 47.4 Å². The number of thiophene rings is 2. The Morgan fingerprint density at radius 2 is 0.891 bits per heavy atom. The van der Waals surface area contributed by atoms with E-state index in [2.05, 4.69) is 41.5 Å². The van der Waals surface area contributed by atoms with Gasteiger partial charge in [-0.3, -0.25) is 0 Å². The summed E-state index contributed by atoms with van der Waals surface area (Å²) in [5, 5.41) is 0.286. The maximum Gasteiger partial charge on any atom is 0.181 e. The van der Waals surface area contributed by atoms with E-state index in [1.807, 2.05) is 23.5 Å². The van der Waals surface area contributed by atoms with Crippen LogP contribution in [-0.2, 0) is 28.4 Å². The van der Waals surface area contributed by atoms with Crippen molar-refractivity contribution in [2.45, 2.75) is 77.1 Å². The zero-order chi connectivity index (χ0) is 37.6. The van der Waals surface area contributed by atoms with E-state index >= 15 is 0 Å². The molecular formula is C40H46O10S5. The Morgan fingerprint density at radius 1 is 0.473 bits per heavy atom. The Hall–Kier alpha value is -2.27. The SMILES string of the molecule is CCC(C)(C)C1S/C(=C2/S/C(=c3/s/c(=c4/s/c(=C5/SC(C(C)(C)CC)C6=C5OCCO6)c5c4OCCO5)c4c3OCCO4)C3OCCOC23)C2=C1OCCO2. The normalized spacial score (nSPS) is 31.3. The fraction of sp³-hybridized carbons (Fsp3) is 0.600. The van der Waals surface area contributed by atoms with E-state index in [1.54, 1.807) is 34.4 Å². The number of rotatable bonds is 4. The van der Waals surface area contributed by atoms with Crippen LogP contribution in [-0.4, -0.2) is 88.8 Å². The lowest BCUT2D eigenvalue weighted by atomic mass is 9.85. The molecule has 15 heteroatoms. The predicted molar refractivity (Wildman–Crippen MR) is 217 cm³/mol. The van der Waals surface area contributed by atoms with E-state index < -0.39 is 0 Å². The molecule has 0 amide bonds. The molecule has 8 aliphatic heterocycles. The van der Waals surface area contributed by atoms with Gasteiger partial charge in [-0.05, 0) is 23.7 Å². The van der Waals surface area contributed by atoms with Crippen LogP contribution in [0.25, 0.3) is 9.81 Å². The van der Waals surface area contributed by atoms with Crippen LogP contribution >= 0.6 is 58.0 Å². The number of hydrogen-bond donors (Lipinski definition) is 0. The van der Waals surface area contributed by atoms with Crippen molar-refractivity contribution in [1.29, 1.82) is 0 Å². The van der Waals surface area contributed by atoms with Gasteiger partial charge in [0, 0.05) is 9.81 Å². The van der Waals surface area contributed by atoms with Gasteiger partial charge in [0.05, 0.1) is 51.7 Å². The summed E-state index contributed by atoms with van der Waals surface area (Å²) in [5.74, 6) is 6.56. The molecule has 55 heavy (non-hydrogen) atoms. The Morgan fingerprint density at radius 3 is 1.44 bits per heavy atom. The highest BCUT2D eigenvalue weighted by Gasteiger charge is 2.50. The number of fused-ring (bicyclic) bond motifs is 3. The molecule has 0 N–H and O–H groups in total. The first-order chi connectivity index (χ1) is 26.7. The van der Waals surface area contributed by atoms with Crippen LogP contribution in [0.15, 0.2) is 32.8 Å². The van der Waals surface area contributed by atoms with Gasteiger partial charge in [0.1, 0.15) is 65.1 Å². The zero-order valence-electron chi connectivity index (χ0n) is 31.9. The van der Waals surface area contributed by atoms with Gasteiger partial charge in [-0.2, -0.15) is 0 Å². The second-order valence-electron chi connectivity index (χ2n) is 15.8. The number of hydrogen-bond acceptors (Lipinski definition) is 15. The summed E-state index contributed by atoms with van der Waals surface area (Å²) in [5.41, 5.74) is 0.0189. The molecular weight excluding hydrogens is 801 g/mol. The molecule has 296 valence electrons. The second kappa shape index (κ2) is 14.2. The standard InChI is InChI=1S/C40H46O10S5/c1-7-39(3,4)37-27-25(47-15-17-49-27)35(54-37)33-23-21(43-11-13-45-23)31(52-33)29-19-20(42-10-9-41-19)30(51-29)32-22-24(46-14-12-44-22)34(53-32)36-26-28(50-18-16-48-26)38(55-36)40(5,6)8-2/h21,23,37-38H,7-18H2,1-6H3/b31-29+,32-30+,35-33+,36-34+. The Kier molecular flexibility index (Phi) is 9.58. The lowest BCUT2D eigenvalue weighted by Gasteiger charge is -2.31. The molecule has 10 nitrogen and oxygen atoms in total. The first kappa shape index (κ1) is 37.0. The van der Waals surface area contributed by atoms with Crippen molar-refractivity contribution in [1.82, 2.24) is 0 Å². The number of thioether (sulfide) groups is 3. The third kappa shape index (κ3) is 5.94. The van der Waals surface area contributed by atoms with Gasteiger partial charge in [0.25, 0.3) is 0 Å². The fourth-order valence-electron chi connectivity index (χ4n) is 7.83. The van der Waals surface area contributed by atoms with Crippen molar-refractivity contribution >= 4 is 67.8 Å². The monoisotopic (exact) mass is 846 g/mol. The van der Waals surface area contributed by atoms with Gasteiger partial charge in [0.2, 0.25) is 0 Å². The topological polar surface area (TPSA) is 92.3 Å². The van der Waals surface area contributed by atoms with Crippen LogP contribution in [0.1, 0.15) is 54.4 Å². The van der Waals surface area contributed by atoms with E-state index in [0.717, 1.165) is 96.6 Å². The smallest absolute Gasteiger partial charge is 0.181 e. The molecule has 4 unspecified atom stereocenters. The number of ether oxygens (including phenoxy) is 10. The highest BCUT2D eigenvalue weighted by Crippen LogP contribution is 2.59. The minimum absolute atomic E-state index is 0.00354. The maximum absolute atomic E-state index is 6.59. The molecule has 8 aliphatic rings. The molecule has 0 spiro atoms. The summed E-state index contributed by atoms with van der Waals surface area (Å²) >= 11 is 8.73. The van der Waals surface area contributed by atoms with Gasteiger partial charge >= 0.3 is 0 Å². The van der Waals surface area contributed by atoms with Crippen molar-refractivity contribution in [3.63, 3.8) is 0 Å². The molecule has 2 aromatic rings. The molecule has 4 atom stereocenters. The summed E-state index contributed by atoms with van der Waals surface area (Å²) in [6.45, 7) is 18.8. The average molecular weight is 847 g/mol. The van der Waals surface area contributed by atoms with Crippen LogP contribution < -0.4 is 28.0 Å². The van der Waals surface area contributed by atoms with Crippen LogP contribution in [0.5, 0.6) is 23.0 Å². The molecule has 0 bridgehead atoms. The van der Waals surface area contributed by atoms with Crippen molar-refractivity contribution in [3.8, 4) is 23.0 Å². The predicted octanol–water partition coefficient (Wildman–Crippen LogP) is 7.22. The average Bonchev–Trinajstić information content (AvgIpc) is 4.04. The molecule has 10 heterocycles. The molecule has 2 aromatic heterocycles. The van der Waals surface area contributed by atoms with Crippen LogP contribution in [0, 0.1) is 19.9 Å². The highest BCUT2D eigenvalue weighted by molar-refractivity contribution is 8.13. The molecule has 2 fully saturated rings. The van der Waals surface area contributed by atoms with Crippen molar-refractivity contribution < 1.29 is 47.4 Å². The first-order valence-corrected chi connectivity index (χ1v) is 23.5. The lowest BCUT2D eigenvalue weighted by molar-refractivity contribution is -0.0949. The maximum atomic E-state index is 6.59. The third-order valence-corrected chi connectivity index (χ3v) is 19.2. The summed E-state index contributed by atoms with van der Waals surface area (Å²) < 4.78 is 68.5. The van der Waals surface area contributed by atoms with Crippen LogP contribution in [0.3, 0.4) is 0 Å².